The van der Waals surface area contributed by atoms with Gasteiger partial charge >= 0.3 is 0 Å². The highest BCUT2D eigenvalue weighted by atomic mass is 19.1. The summed E-state index contributed by atoms with van der Waals surface area (Å²) in [5.74, 6) is -0.101. The second-order valence-electron chi connectivity index (χ2n) is 4.39. The van der Waals surface area contributed by atoms with Crippen LogP contribution in [0.5, 0.6) is 5.75 Å². The molecular weight excluding hydrogens is 221 g/mol. The molecule has 0 spiro atoms. The van der Waals surface area contributed by atoms with Crippen molar-refractivity contribution >= 4 is 0 Å². The van der Waals surface area contributed by atoms with Crippen LogP contribution in [0.2, 0.25) is 0 Å². The zero-order chi connectivity index (χ0) is 12.3. The molecule has 2 rings (SSSR count). The van der Waals surface area contributed by atoms with Crippen molar-refractivity contribution in [1.29, 1.82) is 0 Å². The minimum atomic E-state index is -0.363. The maximum absolute atomic E-state index is 13.7. The summed E-state index contributed by atoms with van der Waals surface area (Å²) in [5.41, 5.74) is 6.49. The average Bonchev–Trinajstić information content (AvgIpc) is 2.80. The molecule has 1 unspecified atom stereocenters. The Morgan fingerprint density at radius 2 is 2.41 bits per heavy atom. The van der Waals surface area contributed by atoms with Crippen molar-refractivity contribution in [2.75, 3.05) is 13.2 Å². The van der Waals surface area contributed by atoms with E-state index in [1.165, 1.54) is 6.07 Å². The van der Waals surface area contributed by atoms with Crippen LogP contribution in [0.4, 0.5) is 4.39 Å². The molecule has 2 N–H and O–H groups in total. The van der Waals surface area contributed by atoms with Crippen molar-refractivity contribution in [2.24, 2.45) is 5.73 Å². The summed E-state index contributed by atoms with van der Waals surface area (Å²) in [4.78, 5) is 0. The predicted octanol–water partition coefficient (Wildman–Crippen LogP) is 2.40. The zero-order valence-electron chi connectivity index (χ0n) is 9.99. The normalized spacial score (nSPS) is 21.5. The van der Waals surface area contributed by atoms with Gasteiger partial charge in [0.2, 0.25) is 0 Å². The number of hydrogen-bond acceptors (Lipinski definition) is 3. The number of ether oxygens (including phenoxy) is 2. The summed E-state index contributed by atoms with van der Waals surface area (Å²) >= 11 is 0. The number of halogens is 1. The van der Waals surface area contributed by atoms with Crippen molar-refractivity contribution in [3.63, 3.8) is 0 Å². The quantitative estimate of drug-likeness (QED) is 0.877. The molecule has 1 aromatic rings. The third-order valence-electron chi connectivity index (χ3n) is 2.93. The third kappa shape index (κ3) is 2.96. The van der Waals surface area contributed by atoms with Crippen LogP contribution in [0.25, 0.3) is 0 Å². The highest BCUT2D eigenvalue weighted by molar-refractivity contribution is 5.36. The smallest absolute Gasteiger partial charge is 0.165 e. The minimum Gasteiger partial charge on any atom is -0.487 e. The van der Waals surface area contributed by atoms with Gasteiger partial charge in [-0.05, 0) is 25.8 Å². The largest absolute Gasteiger partial charge is 0.487 e. The van der Waals surface area contributed by atoms with E-state index in [1.54, 1.807) is 12.1 Å². The number of rotatable bonds is 4. The molecule has 17 heavy (non-hydrogen) atoms. The molecule has 0 saturated carbocycles. The van der Waals surface area contributed by atoms with E-state index < -0.39 is 0 Å². The lowest BCUT2D eigenvalue weighted by molar-refractivity contribution is 0.0661. The Morgan fingerprint density at radius 3 is 3.06 bits per heavy atom. The van der Waals surface area contributed by atoms with Crippen molar-refractivity contribution in [2.45, 2.75) is 31.9 Å². The lowest BCUT2D eigenvalue weighted by Crippen LogP contribution is -2.18. The number of hydrogen-bond donors (Lipinski definition) is 1. The molecule has 1 heterocycles. The summed E-state index contributed by atoms with van der Waals surface area (Å²) in [7, 11) is 0. The van der Waals surface area contributed by atoms with Crippen molar-refractivity contribution in [3.05, 3.63) is 29.6 Å². The highest BCUT2D eigenvalue weighted by Gasteiger charge is 2.19. The van der Waals surface area contributed by atoms with Crippen LogP contribution in [-0.2, 0) is 4.74 Å². The van der Waals surface area contributed by atoms with Crippen LogP contribution in [0.15, 0.2) is 18.2 Å². The monoisotopic (exact) mass is 239 g/mol. The zero-order valence-corrected chi connectivity index (χ0v) is 9.99. The fourth-order valence-electron chi connectivity index (χ4n) is 1.99. The van der Waals surface area contributed by atoms with E-state index in [4.69, 9.17) is 15.2 Å². The van der Waals surface area contributed by atoms with E-state index in [-0.39, 0.29) is 23.7 Å². The number of nitrogens with two attached hydrogens (primary N) is 1. The van der Waals surface area contributed by atoms with Gasteiger partial charge in [0.1, 0.15) is 6.61 Å². The van der Waals surface area contributed by atoms with E-state index >= 15 is 0 Å². The fraction of sp³-hybridized carbons (Fsp3) is 0.538. The van der Waals surface area contributed by atoms with Crippen molar-refractivity contribution in [1.82, 2.24) is 0 Å². The molecule has 1 aliphatic rings. The van der Waals surface area contributed by atoms with Gasteiger partial charge in [0.15, 0.2) is 11.6 Å². The molecular formula is C13H18FNO2. The second kappa shape index (κ2) is 5.47. The van der Waals surface area contributed by atoms with E-state index in [2.05, 4.69) is 0 Å². The van der Waals surface area contributed by atoms with Crippen molar-refractivity contribution in [3.8, 4) is 5.75 Å². The van der Waals surface area contributed by atoms with E-state index in [9.17, 15) is 4.39 Å². The first kappa shape index (κ1) is 12.3. The standard InChI is InChI=1S/C13H18FNO2/c1-9(15)11-5-2-6-12(14)13(11)17-8-10-4-3-7-16-10/h2,5-6,9-10H,3-4,7-8,15H2,1H3/t9-,10?/m1/s1. The van der Waals surface area contributed by atoms with Gasteiger partial charge in [-0.3, -0.25) is 0 Å². The lowest BCUT2D eigenvalue weighted by Gasteiger charge is -2.16. The highest BCUT2D eigenvalue weighted by Crippen LogP contribution is 2.27. The Balaban J connectivity index is 2.07. The first-order valence-corrected chi connectivity index (χ1v) is 5.97. The Kier molecular flexibility index (Phi) is 3.97. The van der Waals surface area contributed by atoms with Crippen LogP contribution >= 0.6 is 0 Å². The molecule has 1 fully saturated rings. The Bertz CT molecular complexity index is 376. The summed E-state index contributed by atoms with van der Waals surface area (Å²) in [6, 6.07) is 4.58. The van der Waals surface area contributed by atoms with E-state index in [0.29, 0.717) is 12.2 Å². The number of para-hydroxylation sites is 1. The topological polar surface area (TPSA) is 44.5 Å². The summed E-state index contributed by atoms with van der Waals surface area (Å²) in [6.07, 6.45) is 2.10. The van der Waals surface area contributed by atoms with Gasteiger partial charge in [0.25, 0.3) is 0 Å². The molecule has 1 aromatic carbocycles. The maximum Gasteiger partial charge on any atom is 0.165 e. The second-order valence-corrected chi connectivity index (χ2v) is 4.39. The molecule has 0 aliphatic carbocycles. The molecule has 1 saturated heterocycles. The summed E-state index contributed by atoms with van der Waals surface area (Å²) in [5, 5.41) is 0. The first-order valence-electron chi connectivity index (χ1n) is 5.97. The van der Waals surface area contributed by atoms with Crippen LogP contribution in [-0.4, -0.2) is 19.3 Å². The van der Waals surface area contributed by atoms with Gasteiger partial charge in [-0.2, -0.15) is 0 Å². The fourth-order valence-corrected chi connectivity index (χ4v) is 1.99. The van der Waals surface area contributed by atoms with E-state index in [0.717, 1.165) is 19.4 Å². The Labute approximate surface area is 101 Å². The average molecular weight is 239 g/mol. The van der Waals surface area contributed by atoms with E-state index in [1.807, 2.05) is 6.92 Å². The van der Waals surface area contributed by atoms with Gasteiger partial charge in [0, 0.05) is 18.2 Å². The molecule has 1 aliphatic heterocycles. The van der Waals surface area contributed by atoms with Crippen LogP contribution in [0, 0.1) is 5.82 Å². The molecule has 2 atom stereocenters. The maximum atomic E-state index is 13.7. The lowest BCUT2D eigenvalue weighted by atomic mass is 10.1. The molecule has 0 radical (unpaired) electrons. The van der Waals surface area contributed by atoms with Gasteiger partial charge in [-0.25, -0.2) is 4.39 Å². The molecule has 3 nitrogen and oxygen atoms in total. The van der Waals surface area contributed by atoms with Crippen LogP contribution < -0.4 is 10.5 Å². The minimum absolute atomic E-state index is 0.0792. The van der Waals surface area contributed by atoms with Crippen LogP contribution in [0.3, 0.4) is 0 Å². The predicted molar refractivity (Wildman–Crippen MR) is 63.5 cm³/mol. The molecule has 0 amide bonds. The number of benzene rings is 1. The van der Waals surface area contributed by atoms with Gasteiger partial charge in [-0.15, -0.1) is 0 Å². The summed E-state index contributed by atoms with van der Waals surface area (Å²) < 4.78 is 24.6. The van der Waals surface area contributed by atoms with Gasteiger partial charge < -0.3 is 15.2 Å². The Morgan fingerprint density at radius 1 is 1.59 bits per heavy atom. The molecule has 0 aromatic heterocycles. The van der Waals surface area contributed by atoms with Gasteiger partial charge in [-0.1, -0.05) is 12.1 Å². The Hall–Kier alpha value is -1.13. The first-order chi connectivity index (χ1) is 8.18. The van der Waals surface area contributed by atoms with Gasteiger partial charge in [0.05, 0.1) is 6.10 Å². The van der Waals surface area contributed by atoms with Crippen LogP contribution in [0.1, 0.15) is 31.4 Å². The van der Waals surface area contributed by atoms with Crippen molar-refractivity contribution < 1.29 is 13.9 Å². The molecule has 4 heteroatoms. The summed E-state index contributed by atoms with van der Waals surface area (Å²) in [6.45, 7) is 2.97. The SMILES string of the molecule is C[C@@H](N)c1cccc(F)c1OCC1CCCO1. The molecule has 94 valence electrons. The molecule has 0 bridgehead atoms. The third-order valence-corrected chi connectivity index (χ3v) is 2.93.